The van der Waals surface area contributed by atoms with Crippen molar-refractivity contribution in [3.8, 4) is 0 Å². The average molecular weight is 408 g/mol. The highest BCUT2D eigenvalue weighted by atomic mass is 16.6. The second-order valence-electron chi connectivity index (χ2n) is 8.95. The van der Waals surface area contributed by atoms with Crippen molar-refractivity contribution in [3.05, 3.63) is 35.4 Å². The third-order valence-corrected chi connectivity index (χ3v) is 4.81. The Bertz CT molecular complexity index is 705. The second-order valence-corrected chi connectivity index (χ2v) is 8.95. The van der Waals surface area contributed by atoms with Gasteiger partial charge in [-0.3, -0.25) is 4.79 Å². The summed E-state index contributed by atoms with van der Waals surface area (Å²) in [5.74, 6) is -1.16. The topological polar surface area (TPSA) is 102 Å². The van der Waals surface area contributed by atoms with E-state index in [4.69, 9.17) is 14.6 Å². The number of carboxylic acids is 1. The summed E-state index contributed by atoms with van der Waals surface area (Å²) in [6.07, 6.45) is 0.0665. The average Bonchev–Trinajstić information content (AvgIpc) is 2.62. The number of ether oxygens (including phenoxy) is 2. The van der Waals surface area contributed by atoms with Crippen LogP contribution in [0.1, 0.15) is 63.9 Å². The van der Waals surface area contributed by atoms with E-state index in [-0.39, 0.29) is 42.6 Å². The zero-order chi connectivity index (χ0) is 22.2. The van der Waals surface area contributed by atoms with Gasteiger partial charge in [0.2, 0.25) is 0 Å². The van der Waals surface area contributed by atoms with Gasteiger partial charge < -0.3 is 19.9 Å². The highest BCUT2D eigenvalue weighted by Crippen LogP contribution is 2.40. The zero-order valence-corrected chi connectivity index (χ0v) is 18.2. The monoisotopic (exact) mass is 407 g/mol. The number of carbonyl (C=O) groups excluding carboxylic acids is 2. The van der Waals surface area contributed by atoms with Crippen LogP contribution < -0.4 is 5.32 Å². The van der Waals surface area contributed by atoms with Crippen LogP contribution in [0.4, 0.5) is 4.79 Å². The standard InChI is InChI=1S/C22H33NO6/c1-15(2)22(6,14-21(3,4)5)19(26)28-12-11-23-20(27)29-13-16-7-9-17(10-8-16)18(24)25/h7-10,15H,11-14H2,1-6H3,(H,23,27)(H,24,25). The molecular formula is C22H33NO6. The van der Waals surface area contributed by atoms with Crippen LogP contribution in [0.2, 0.25) is 0 Å². The summed E-state index contributed by atoms with van der Waals surface area (Å²) < 4.78 is 10.5. The summed E-state index contributed by atoms with van der Waals surface area (Å²) in [4.78, 5) is 35.2. The van der Waals surface area contributed by atoms with E-state index in [9.17, 15) is 14.4 Å². The van der Waals surface area contributed by atoms with E-state index >= 15 is 0 Å². The molecule has 7 nitrogen and oxygen atoms in total. The minimum Gasteiger partial charge on any atom is -0.478 e. The Balaban J connectivity index is 2.39. The molecule has 0 radical (unpaired) electrons. The number of carboxylic acid groups (broad SMARTS) is 1. The summed E-state index contributed by atoms with van der Waals surface area (Å²) >= 11 is 0. The van der Waals surface area contributed by atoms with Gasteiger partial charge in [-0.25, -0.2) is 9.59 Å². The van der Waals surface area contributed by atoms with Crippen LogP contribution in [-0.4, -0.2) is 36.3 Å². The number of rotatable bonds is 9. The number of alkyl carbamates (subject to hydrolysis) is 1. The molecule has 0 aliphatic rings. The van der Waals surface area contributed by atoms with Crippen LogP contribution in [0.25, 0.3) is 0 Å². The maximum absolute atomic E-state index is 12.6. The van der Waals surface area contributed by atoms with Crippen molar-refractivity contribution in [1.29, 1.82) is 0 Å². The highest BCUT2D eigenvalue weighted by Gasteiger charge is 2.41. The Morgan fingerprint density at radius 1 is 1.03 bits per heavy atom. The predicted octanol–water partition coefficient (Wildman–Crippen LogP) is 4.25. The molecule has 1 rings (SSSR count). The van der Waals surface area contributed by atoms with Gasteiger partial charge in [0.05, 0.1) is 17.5 Å². The summed E-state index contributed by atoms with van der Waals surface area (Å²) in [6.45, 7) is 12.4. The molecule has 1 amide bonds. The SMILES string of the molecule is CC(C)C(C)(CC(C)(C)C)C(=O)OCCNC(=O)OCc1ccc(C(=O)O)cc1. The molecule has 0 aliphatic carbocycles. The van der Waals surface area contributed by atoms with Crippen LogP contribution in [0.15, 0.2) is 24.3 Å². The lowest BCUT2D eigenvalue weighted by Gasteiger charge is -2.36. The predicted molar refractivity (Wildman–Crippen MR) is 110 cm³/mol. The van der Waals surface area contributed by atoms with E-state index in [1.54, 1.807) is 12.1 Å². The van der Waals surface area contributed by atoms with E-state index in [0.717, 1.165) is 0 Å². The van der Waals surface area contributed by atoms with Crippen LogP contribution in [0.5, 0.6) is 0 Å². The van der Waals surface area contributed by atoms with Crippen LogP contribution in [-0.2, 0) is 20.9 Å². The van der Waals surface area contributed by atoms with Gasteiger partial charge in [-0.05, 0) is 42.4 Å². The third kappa shape index (κ3) is 8.13. The third-order valence-electron chi connectivity index (χ3n) is 4.81. The first-order valence-electron chi connectivity index (χ1n) is 9.75. The summed E-state index contributed by atoms with van der Waals surface area (Å²) in [7, 11) is 0. The van der Waals surface area contributed by atoms with Crippen LogP contribution >= 0.6 is 0 Å². The molecule has 162 valence electrons. The zero-order valence-electron chi connectivity index (χ0n) is 18.2. The van der Waals surface area contributed by atoms with Crippen LogP contribution in [0.3, 0.4) is 0 Å². The molecule has 2 N–H and O–H groups in total. The quantitative estimate of drug-likeness (QED) is 0.469. The molecule has 0 fully saturated rings. The number of aromatic carboxylic acids is 1. The summed E-state index contributed by atoms with van der Waals surface area (Å²) in [5, 5.41) is 11.4. The summed E-state index contributed by atoms with van der Waals surface area (Å²) in [6, 6.07) is 6.06. The maximum atomic E-state index is 12.6. The van der Waals surface area contributed by atoms with E-state index in [0.29, 0.717) is 12.0 Å². The van der Waals surface area contributed by atoms with E-state index in [1.807, 2.05) is 20.8 Å². The first-order chi connectivity index (χ1) is 13.3. The molecule has 7 heteroatoms. The molecule has 1 unspecified atom stereocenters. The number of hydrogen-bond donors (Lipinski definition) is 2. The fourth-order valence-electron chi connectivity index (χ4n) is 3.02. The van der Waals surface area contributed by atoms with Crippen molar-refractivity contribution in [2.45, 2.75) is 54.6 Å². The van der Waals surface area contributed by atoms with Crippen LogP contribution in [0, 0.1) is 16.7 Å². The Kier molecular flexibility index (Phi) is 8.67. The Labute approximate surface area is 172 Å². The molecular weight excluding hydrogens is 374 g/mol. The van der Waals surface area contributed by atoms with E-state index < -0.39 is 17.5 Å². The van der Waals surface area contributed by atoms with Crippen molar-refractivity contribution in [3.63, 3.8) is 0 Å². The normalized spacial score (nSPS) is 13.5. The molecule has 0 heterocycles. The first kappa shape index (κ1) is 24.5. The molecule has 0 saturated carbocycles. The number of benzene rings is 1. The second kappa shape index (κ2) is 10.3. The van der Waals surface area contributed by atoms with E-state index in [2.05, 4.69) is 26.1 Å². The van der Waals surface area contributed by atoms with Crippen molar-refractivity contribution in [1.82, 2.24) is 5.32 Å². The molecule has 0 saturated heterocycles. The molecule has 29 heavy (non-hydrogen) atoms. The Hall–Kier alpha value is -2.57. The number of esters is 1. The number of hydrogen-bond acceptors (Lipinski definition) is 5. The smallest absolute Gasteiger partial charge is 0.407 e. The van der Waals surface area contributed by atoms with Gasteiger partial charge >= 0.3 is 18.0 Å². The molecule has 1 atom stereocenters. The number of carbonyl (C=O) groups is 3. The molecule has 0 spiro atoms. The lowest BCUT2D eigenvalue weighted by molar-refractivity contribution is -0.159. The lowest BCUT2D eigenvalue weighted by atomic mass is 9.69. The first-order valence-corrected chi connectivity index (χ1v) is 9.75. The molecule has 1 aromatic carbocycles. The lowest BCUT2D eigenvalue weighted by Crippen LogP contribution is -2.39. The van der Waals surface area contributed by atoms with Gasteiger partial charge in [0.1, 0.15) is 13.2 Å². The summed E-state index contributed by atoms with van der Waals surface area (Å²) in [5.41, 5.74) is 0.232. The fourth-order valence-corrected chi connectivity index (χ4v) is 3.02. The number of amides is 1. The van der Waals surface area contributed by atoms with Gasteiger partial charge in [0, 0.05) is 0 Å². The Morgan fingerprint density at radius 3 is 2.10 bits per heavy atom. The minimum atomic E-state index is -1.01. The molecule has 0 aliphatic heterocycles. The largest absolute Gasteiger partial charge is 0.478 e. The molecule has 0 aromatic heterocycles. The minimum absolute atomic E-state index is 0.0111. The molecule has 0 bridgehead atoms. The maximum Gasteiger partial charge on any atom is 0.407 e. The van der Waals surface area contributed by atoms with Crippen molar-refractivity contribution < 1.29 is 29.0 Å². The Morgan fingerprint density at radius 2 is 1.62 bits per heavy atom. The van der Waals surface area contributed by atoms with Gasteiger partial charge in [0.25, 0.3) is 0 Å². The van der Waals surface area contributed by atoms with Crippen molar-refractivity contribution in [2.24, 2.45) is 16.7 Å². The van der Waals surface area contributed by atoms with Crippen molar-refractivity contribution >= 4 is 18.0 Å². The fraction of sp³-hybridized carbons (Fsp3) is 0.591. The van der Waals surface area contributed by atoms with Crippen molar-refractivity contribution in [2.75, 3.05) is 13.2 Å². The van der Waals surface area contributed by atoms with Gasteiger partial charge in [-0.15, -0.1) is 0 Å². The van der Waals surface area contributed by atoms with E-state index in [1.165, 1.54) is 12.1 Å². The molecule has 1 aromatic rings. The van der Waals surface area contributed by atoms with Gasteiger partial charge in [0.15, 0.2) is 0 Å². The highest BCUT2D eigenvalue weighted by molar-refractivity contribution is 5.87. The van der Waals surface area contributed by atoms with Gasteiger partial charge in [-0.2, -0.15) is 0 Å². The van der Waals surface area contributed by atoms with Gasteiger partial charge in [-0.1, -0.05) is 46.8 Å². The number of nitrogens with one attached hydrogen (secondary N) is 1.